The number of carbonyl (C=O) groups is 2. The number of hydrogen-bond acceptors (Lipinski definition) is 8. The lowest BCUT2D eigenvalue weighted by Crippen LogP contribution is -2.39. The molecular weight excluding hydrogens is 531 g/mol. The van der Waals surface area contributed by atoms with Gasteiger partial charge in [-0.25, -0.2) is 23.9 Å². The first-order valence-electron chi connectivity index (χ1n) is 13.0. The molecule has 0 bridgehead atoms. The summed E-state index contributed by atoms with van der Waals surface area (Å²) in [5.74, 6) is -0.584. The number of imidazole rings is 1. The lowest BCUT2D eigenvalue weighted by atomic mass is 10.1. The second-order valence-corrected chi connectivity index (χ2v) is 10.4. The number of aromatic nitrogens is 3. The molecular formula is C30H33FN4O6. The second kappa shape index (κ2) is 12.3. The van der Waals surface area contributed by atoms with Gasteiger partial charge >= 0.3 is 12.1 Å². The molecule has 216 valence electrons. The molecule has 2 aromatic carbocycles. The zero-order valence-corrected chi connectivity index (χ0v) is 23.6. The summed E-state index contributed by atoms with van der Waals surface area (Å²) in [6.07, 6.45) is -0.936. The van der Waals surface area contributed by atoms with Crippen molar-refractivity contribution >= 4 is 23.1 Å². The molecule has 0 fully saturated rings. The molecule has 11 heteroatoms. The molecule has 2 aromatic heterocycles. The molecule has 0 aliphatic carbocycles. The van der Waals surface area contributed by atoms with Crippen molar-refractivity contribution in [1.82, 2.24) is 19.9 Å². The lowest BCUT2D eigenvalue weighted by Gasteiger charge is -2.22. The van der Waals surface area contributed by atoms with Crippen LogP contribution in [0.1, 0.15) is 42.5 Å². The second-order valence-electron chi connectivity index (χ2n) is 10.4. The molecule has 0 spiro atoms. The number of alkyl carbamates (subject to hydrolysis) is 1. The van der Waals surface area contributed by atoms with E-state index in [9.17, 15) is 14.7 Å². The zero-order valence-electron chi connectivity index (χ0n) is 23.6. The Bertz CT molecular complexity index is 1560. The Morgan fingerprint density at radius 3 is 2.51 bits per heavy atom. The van der Waals surface area contributed by atoms with Crippen LogP contribution in [0, 0.1) is 5.82 Å². The van der Waals surface area contributed by atoms with Crippen LogP contribution >= 0.6 is 0 Å². The van der Waals surface area contributed by atoms with E-state index in [2.05, 4.69) is 10.3 Å². The number of hydrogen-bond donors (Lipinski definition) is 2. The predicted molar refractivity (Wildman–Crippen MR) is 150 cm³/mol. The number of esters is 1. The molecule has 2 N–H and O–H groups in total. The van der Waals surface area contributed by atoms with E-state index in [0.717, 1.165) is 0 Å². The fourth-order valence-corrected chi connectivity index (χ4v) is 4.30. The van der Waals surface area contributed by atoms with Gasteiger partial charge in [0.15, 0.2) is 0 Å². The van der Waals surface area contributed by atoms with E-state index in [4.69, 9.17) is 19.2 Å². The topological polar surface area (TPSA) is 125 Å². The standard InChI is InChI=1S/C30H33FN4O6/c1-30(2,3)41-29(38)32-16-21(39-4)17-35-25-14-20(28(37)40-5)11-12-24(25)33-26(35)15-18-9-10-19(13-22(18)31)23-7-6-8-27(36)34-23/h6-14,21H,15-17H2,1-5H3,(H,32,38)(H,34,36). The summed E-state index contributed by atoms with van der Waals surface area (Å²) in [6.45, 7) is 5.70. The lowest BCUT2D eigenvalue weighted by molar-refractivity contribution is 0.0436. The highest BCUT2D eigenvalue weighted by atomic mass is 19.1. The van der Waals surface area contributed by atoms with Crippen LogP contribution in [0.15, 0.2) is 54.6 Å². The van der Waals surface area contributed by atoms with Crippen molar-refractivity contribution in [3.05, 3.63) is 77.4 Å². The number of nitrogens with zero attached hydrogens (tertiary/aromatic N) is 3. The fraction of sp³-hybridized carbons (Fsp3) is 0.333. The maximum absolute atomic E-state index is 15.3. The largest absolute Gasteiger partial charge is 0.493 e. The molecule has 0 saturated heterocycles. The third-order valence-corrected chi connectivity index (χ3v) is 6.27. The van der Waals surface area contributed by atoms with Gasteiger partial charge in [-0.05, 0) is 56.7 Å². The Kier molecular flexibility index (Phi) is 8.87. The molecule has 0 radical (unpaired) electrons. The molecule has 2 heterocycles. The number of methoxy groups -OCH3 is 2. The summed E-state index contributed by atoms with van der Waals surface area (Å²) in [5, 5.41) is 12.4. The third kappa shape index (κ3) is 7.37. The Labute approximate surface area is 237 Å². The number of fused-ring (bicyclic) bond motifs is 1. The number of rotatable bonds is 9. The Hall–Kier alpha value is -4.51. The molecule has 1 amide bonds. The normalized spacial score (nSPS) is 12.2. The maximum Gasteiger partial charge on any atom is 0.407 e. The molecule has 1 unspecified atom stereocenters. The predicted octanol–water partition coefficient (Wildman–Crippen LogP) is 4.86. The van der Waals surface area contributed by atoms with Crippen LogP contribution in [-0.2, 0) is 27.2 Å². The van der Waals surface area contributed by atoms with Crippen molar-refractivity contribution in [2.24, 2.45) is 0 Å². The molecule has 10 nitrogen and oxygen atoms in total. The summed E-state index contributed by atoms with van der Waals surface area (Å²) >= 11 is 0. The van der Waals surface area contributed by atoms with Gasteiger partial charge in [-0.2, -0.15) is 0 Å². The molecule has 4 aromatic rings. The van der Waals surface area contributed by atoms with Gasteiger partial charge in [0.05, 0.1) is 42.0 Å². The first kappa shape index (κ1) is 29.5. The van der Waals surface area contributed by atoms with Crippen molar-refractivity contribution in [2.45, 2.75) is 45.4 Å². The van der Waals surface area contributed by atoms with E-state index in [1.807, 2.05) is 4.57 Å². The number of carbonyl (C=O) groups excluding carboxylic acids is 2. The smallest absolute Gasteiger partial charge is 0.407 e. The van der Waals surface area contributed by atoms with Gasteiger partial charge in [0, 0.05) is 31.7 Å². The SMILES string of the molecule is COC(=O)c1ccc2nc(Cc3ccc(-c4cccc(O)n4)cc3F)n(CC(CNC(=O)OC(C)(C)C)OC)c2c1. The van der Waals surface area contributed by atoms with Gasteiger partial charge in [-0.15, -0.1) is 0 Å². The summed E-state index contributed by atoms with van der Waals surface area (Å²) in [4.78, 5) is 33.2. The van der Waals surface area contributed by atoms with Gasteiger partial charge < -0.3 is 29.2 Å². The number of ether oxygens (including phenoxy) is 3. The number of amides is 1. The average molecular weight is 565 g/mol. The van der Waals surface area contributed by atoms with E-state index in [0.29, 0.717) is 39.2 Å². The van der Waals surface area contributed by atoms with Gasteiger partial charge in [0.1, 0.15) is 17.2 Å². The zero-order chi connectivity index (χ0) is 29.7. The van der Waals surface area contributed by atoms with Crippen LogP contribution in [0.5, 0.6) is 5.88 Å². The molecule has 1 atom stereocenters. The minimum atomic E-state index is -0.652. The van der Waals surface area contributed by atoms with Crippen molar-refractivity contribution in [3.63, 3.8) is 0 Å². The molecule has 0 aliphatic heterocycles. The molecule has 0 aliphatic rings. The van der Waals surface area contributed by atoms with Crippen molar-refractivity contribution in [2.75, 3.05) is 20.8 Å². The average Bonchev–Trinajstić information content (AvgIpc) is 3.26. The van der Waals surface area contributed by atoms with E-state index < -0.39 is 29.6 Å². The highest BCUT2D eigenvalue weighted by molar-refractivity contribution is 5.93. The van der Waals surface area contributed by atoms with Gasteiger partial charge in [-0.1, -0.05) is 18.2 Å². The number of nitrogens with one attached hydrogen (secondary N) is 1. The van der Waals surface area contributed by atoms with Crippen LogP contribution < -0.4 is 5.32 Å². The monoisotopic (exact) mass is 564 g/mol. The number of halogens is 1. The Morgan fingerprint density at radius 2 is 1.85 bits per heavy atom. The van der Waals surface area contributed by atoms with Crippen LogP contribution in [0.4, 0.5) is 9.18 Å². The fourth-order valence-electron chi connectivity index (χ4n) is 4.30. The Morgan fingerprint density at radius 1 is 1.07 bits per heavy atom. The van der Waals surface area contributed by atoms with Crippen LogP contribution in [0.2, 0.25) is 0 Å². The van der Waals surface area contributed by atoms with Crippen molar-refractivity contribution < 1.29 is 33.3 Å². The van der Waals surface area contributed by atoms with Crippen LogP contribution in [0.25, 0.3) is 22.3 Å². The van der Waals surface area contributed by atoms with Crippen molar-refractivity contribution in [1.29, 1.82) is 0 Å². The molecule has 0 saturated carbocycles. The number of benzene rings is 2. The summed E-state index contributed by atoms with van der Waals surface area (Å²) in [5.41, 5.74) is 2.26. The highest BCUT2D eigenvalue weighted by Crippen LogP contribution is 2.26. The molecule has 41 heavy (non-hydrogen) atoms. The maximum atomic E-state index is 15.3. The first-order valence-corrected chi connectivity index (χ1v) is 13.0. The van der Waals surface area contributed by atoms with E-state index in [-0.39, 0.29) is 25.4 Å². The summed E-state index contributed by atoms with van der Waals surface area (Å²) in [6, 6.07) is 14.5. The minimum absolute atomic E-state index is 0.137. The van der Waals surface area contributed by atoms with Gasteiger partial charge in [0.25, 0.3) is 0 Å². The van der Waals surface area contributed by atoms with E-state index >= 15 is 4.39 Å². The highest BCUT2D eigenvalue weighted by Gasteiger charge is 2.21. The molecule has 4 rings (SSSR count). The Balaban J connectivity index is 1.66. The third-order valence-electron chi connectivity index (χ3n) is 6.27. The van der Waals surface area contributed by atoms with Crippen molar-refractivity contribution in [3.8, 4) is 17.1 Å². The summed E-state index contributed by atoms with van der Waals surface area (Å²) < 4.78 is 33.0. The van der Waals surface area contributed by atoms with E-state index in [1.54, 1.807) is 63.2 Å². The van der Waals surface area contributed by atoms with Crippen LogP contribution in [-0.4, -0.2) is 64.2 Å². The minimum Gasteiger partial charge on any atom is -0.493 e. The summed E-state index contributed by atoms with van der Waals surface area (Å²) in [7, 11) is 2.82. The first-order chi connectivity index (χ1) is 19.5. The quantitative estimate of drug-likeness (QED) is 0.276. The number of aromatic hydroxyl groups is 1. The number of pyridine rings is 1. The van der Waals surface area contributed by atoms with Gasteiger partial charge in [-0.3, -0.25) is 0 Å². The van der Waals surface area contributed by atoms with Crippen LogP contribution in [0.3, 0.4) is 0 Å². The van der Waals surface area contributed by atoms with E-state index in [1.165, 1.54) is 26.4 Å². The van der Waals surface area contributed by atoms with Gasteiger partial charge in [0.2, 0.25) is 5.88 Å².